The number of hydrogen-bond donors (Lipinski definition) is 0. The highest BCUT2D eigenvalue weighted by atomic mass is 15.0. The van der Waals surface area contributed by atoms with Crippen LogP contribution in [0.2, 0.25) is 0 Å². The monoisotopic (exact) mass is 610 g/mol. The van der Waals surface area contributed by atoms with Gasteiger partial charge in [0.05, 0.1) is 27.6 Å². The Kier molecular flexibility index (Phi) is 5.08. The molecule has 0 aliphatic rings. The Bertz CT molecular complexity index is 3080. The summed E-state index contributed by atoms with van der Waals surface area (Å²) in [6.45, 7) is 0. The summed E-state index contributed by atoms with van der Waals surface area (Å²) in [4.78, 5) is 9.56. The van der Waals surface area contributed by atoms with Gasteiger partial charge < -0.3 is 9.13 Å². The number of para-hydroxylation sites is 3. The lowest BCUT2D eigenvalue weighted by atomic mass is 9.94. The number of aromatic nitrogens is 4. The fourth-order valence-corrected chi connectivity index (χ4v) is 8.30. The molecular weight excluding hydrogens is 585 g/mol. The van der Waals surface area contributed by atoms with Gasteiger partial charge in [-0.3, -0.25) is 0 Å². The summed E-state index contributed by atoms with van der Waals surface area (Å²) in [6.07, 6.45) is 3.68. The van der Waals surface area contributed by atoms with E-state index in [1.807, 2.05) is 6.20 Å². The largest absolute Gasteiger partial charge is 0.307 e. The van der Waals surface area contributed by atoms with Gasteiger partial charge in [0.1, 0.15) is 6.33 Å². The van der Waals surface area contributed by atoms with E-state index in [1.54, 1.807) is 6.33 Å². The van der Waals surface area contributed by atoms with E-state index in [9.17, 15) is 0 Å². The lowest BCUT2D eigenvalue weighted by molar-refractivity contribution is 1.15. The van der Waals surface area contributed by atoms with E-state index in [0.717, 1.165) is 49.7 Å². The summed E-state index contributed by atoms with van der Waals surface area (Å²) in [7, 11) is 0. The van der Waals surface area contributed by atoms with E-state index in [0.29, 0.717) is 0 Å². The minimum Gasteiger partial charge on any atom is -0.307 e. The summed E-state index contributed by atoms with van der Waals surface area (Å²) < 4.78 is 4.90. The first-order chi connectivity index (χ1) is 23.9. The topological polar surface area (TPSA) is 35.6 Å². The minimum absolute atomic E-state index is 0.968. The van der Waals surface area contributed by atoms with Crippen molar-refractivity contribution in [2.24, 2.45) is 0 Å². The van der Waals surface area contributed by atoms with Crippen molar-refractivity contribution >= 4 is 86.8 Å². The third kappa shape index (κ3) is 3.28. The van der Waals surface area contributed by atoms with E-state index >= 15 is 0 Å². The molecule has 0 fully saturated rings. The molecule has 0 aliphatic carbocycles. The van der Waals surface area contributed by atoms with Gasteiger partial charge in [0, 0.05) is 44.5 Å². The van der Waals surface area contributed by atoms with Gasteiger partial charge in [0.2, 0.25) is 0 Å². The fraction of sp³-hybridized carbons (Fsp3) is 0. The Labute approximate surface area is 274 Å². The maximum absolute atomic E-state index is 5.00. The van der Waals surface area contributed by atoms with Crippen LogP contribution in [0.5, 0.6) is 0 Å². The van der Waals surface area contributed by atoms with Crippen molar-refractivity contribution in [3.63, 3.8) is 0 Å². The molecule has 0 bridgehead atoms. The van der Waals surface area contributed by atoms with Crippen molar-refractivity contribution in [2.75, 3.05) is 0 Å². The molecule has 222 valence electrons. The van der Waals surface area contributed by atoms with Crippen molar-refractivity contribution in [3.8, 4) is 11.4 Å². The van der Waals surface area contributed by atoms with Crippen LogP contribution in [0.3, 0.4) is 0 Å². The summed E-state index contributed by atoms with van der Waals surface area (Å²) >= 11 is 0. The van der Waals surface area contributed by atoms with Crippen LogP contribution >= 0.6 is 0 Å². The Balaban J connectivity index is 1.41. The zero-order chi connectivity index (χ0) is 31.3. The Morgan fingerprint density at radius 1 is 0.375 bits per heavy atom. The van der Waals surface area contributed by atoms with Crippen molar-refractivity contribution in [1.82, 2.24) is 19.1 Å². The van der Waals surface area contributed by atoms with Crippen molar-refractivity contribution < 1.29 is 0 Å². The predicted molar refractivity (Wildman–Crippen MR) is 201 cm³/mol. The van der Waals surface area contributed by atoms with Crippen molar-refractivity contribution in [2.45, 2.75) is 0 Å². The second-order valence-electron chi connectivity index (χ2n) is 12.6. The number of rotatable bonds is 2. The van der Waals surface area contributed by atoms with Crippen LogP contribution in [0.1, 0.15) is 0 Å². The number of fused-ring (bicyclic) bond motifs is 16. The Hall–Kier alpha value is -6.52. The van der Waals surface area contributed by atoms with Gasteiger partial charge in [0.15, 0.2) is 0 Å². The molecule has 0 unspecified atom stereocenters. The third-order valence-electron chi connectivity index (χ3n) is 10.2. The third-order valence-corrected chi connectivity index (χ3v) is 10.2. The SMILES string of the molecule is c1ccc(-n2c3ccccc3c3c4cncnc4c4c5ccccc5n(-c5ccc6c7ccccc7c7ccccc7c6c5)c4c32)cc1. The van der Waals surface area contributed by atoms with Gasteiger partial charge in [-0.25, -0.2) is 9.97 Å². The van der Waals surface area contributed by atoms with E-state index < -0.39 is 0 Å². The lowest BCUT2D eigenvalue weighted by Crippen LogP contribution is -1.99. The van der Waals surface area contributed by atoms with E-state index in [4.69, 9.17) is 4.98 Å². The summed E-state index contributed by atoms with van der Waals surface area (Å²) in [5, 5.41) is 13.3. The van der Waals surface area contributed by atoms with Crippen LogP contribution in [0.15, 0.2) is 158 Å². The van der Waals surface area contributed by atoms with Crippen LogP contribution in [-0.2, 0) is 0 Å². The molecule has 11 rings (SSSR count). The Morgan fingerprint density at radius 2 is 0.875 bits per heavy atom. The maximum Gasteiger partial charge on any atom is 0.116 e. The van der Waals surface area contributed by atoms with Crippen LogP contribution in [0.25, 0.3) is 98.2 Å². The first-order valence-corrected chi connectivity index (χ1v) is 16.3. The predicted octanol–water partition coefficient (Wildman–Crippen LogP) is 11.3. The van der Waals surface area contributed by atoms with Gasteiger partial charge in [0.25, 0.3) is 0 Å². The van der Waals surface area contributed by atoms with Crippen LogP contribution in [-0.4, -0.2) is 19.1 Å². The molecule has 0 radical (unpaired) electrons. The zero-order valence-electron chi connectivity index (χ0n) is 25.8. The molecule has 0 amide bonds. The fourth-order valence-electron chi connectivity index (χ4n) is 8.30. The van der Waals surface area contributed by atoms with Crippen molar-refractivity contribution in [1.29, 1.82) is 0 Å². The molecule has 4 nitrogen and oxygen atoms in total. The van der Waals surface area contributed by atoms with E-state index in [1.165, 1.54) is 48.5 Å². The summed E-state index contributed by atoms with van der Waals surface area (Å²) in [5.41, 5.74) is 7.80. The molecule has 48 heavy (non-hydrogen) atoms. The minimum atomic E-state index is 0.968. The lowest BCUT2D eigenvalue weighted by Gasteiger charge is -2.15. The van der Waals surface area contributed by atoms with Gasteiger partial charge in [-0.15, -0.1) is 0 Å². The molecule has 0 saturated carbocycles. The molecule has 0 N–H and O–H groups in total. The average Bonchev–Trinajstić information content (AvgIpc) is 3.69. The van der Waals surface area contributed by atoms with Gasteiger partial charge in [-0.1, -0.05) is 109 Å². The second kappa shape index (κ2) is 9.50. The van der Waals surface area contributed by atoms with Crippen LogP contribution in [0, 0.1) is 0 Å². The molecular formula is C44H26N4. The summed E-state index contributed by atoms with van der Waals surface area (Å²) in [6, 6.07) is 52.7. The highest BCUT2D eigenvalue weighted by Gasteiger charge is 2.25. The maximum atomic E-state index is 5.00. The Morgan fingerprint density at radius 3 is 1.54 bits per heavy atom. The molecule has 0 aliphatic heterocycles. The highest BCUT2D eigenvalue weighted by Crippen LogP contribution is 2.46. The molecule has 0 atom stereocenters. The first kappa shape index (κ1) is 25.6. The molecule has 11 aromatic rings. The smallest absolute Gasteiger partial charge is 0.116 e. The van der Waals surface area contributed by atoms with Crippen molar-refractivity contribution in [3.05, 3.63) is 158 Å². The van der Waals surface area contributed by atoms with E-state index in [-0.39, 0.29) is 0 Å². The van der Waals surface area contributed by atoms with Crippen LogP contribution < -0.4 is 0 Å². The van der Waals surface area contributed by atoms with Gasteiger partial charge in [-0.05, 0) is 68.7 Å². The zero-order valence-corrected chi connectivity index (χ0v) is 25.8. The highest BCUT2D eigenvalue weighted by molar-refractivity contribution is 6.35. The van der Waals surface area contributed by atoms with E-state index in [2.05, 4.69) is 160 Å². The normalized spacial score (nSPS) is 12.2. The van der Waals surface area contributed by atoms with Gasteiger partial charge in [-0.2, -0.15) is 0 Å². The molecule has 4 heteroatoms. The van der Waals surface area contributed by atoms with Gasteiger partial charge >= 0.3 is 0 Å². The summed E-state index contributed by atoms with van der Waals surface area (Å²) in [5.74, 6) is 0. The number of hydrogen-bond acceptors (Lipinski definition) is 2. The second-order valence-corrected chi connectivity index (χ2v) is 12.6. The average molecular weight is 611 g/mol. The number of nitrogens with zero attached hydrogens (tertiary/aromatic N) is 4. The quantitative estimate of drug-likeness (QED) is 0.183. The number of benzene rings is 8. The molecule has 0 saturated heterocycles. The van der Waals surface area contributed by atoms with Crippen LogP contribution in [0.4, 0.5) is 0 Å². The molecule has 3 heterocycles. The standard InChI is InChI=1S/C44H26N4/c1-2-12-27(13-3-1)47-38-20-10-8-18-34(38)40-37-25-45-26-46-42(37)41-35-19-9-11-21-39(35)48(44(41)43(40)47)28-22-23-33-31-16-5-4-14-29(31)30-15-6-7-17-32(30)36(33)24-28/h1-26H. The molecule has 8 aromatic carbocycles. The molecule has 0 spiro atoms. The first-order valence-electron chi connectivity index (χ1n) is 16.3. The molecule has 3 aromatic heterocycles.